The Kier molecular flexibility index (Phi) is 5.98. The van der Waals surface area contributed by atoms with E-state index < -0.39 is 11.4 Å². The molecule has 0 radical (unpaired) electrons. The minimum atomic E-state index is -0.917. The number of esters is 1. The number of carbonyl (C=O) groups excluding carboxylic acids is 1. The number of hydrogen-bond acceptors (Lipinski definition) is 4. The van der Waals surface area contributed by atoms with Gasteiger partial charge in [-0.15, -0.1) is 0 Å². The molecule has 0 saturated heterocycles. The van der Waals surface area contributed by atoms with Crippen molar-refractivity contribution in [3.8, 4) is 0 Å². The largest absolute Gasteiger partial charge is 0.481 e. The number of ether oxygens (including phenoxy) is 1. The van der Waals surface area contributed by atoms with Gasteiger partial charge in [-0.1, -0.05) is 32.4 Å². The third kappa shape index (κ3) is 4.01. The Bertz CT molecular complexity index is 777. The second-order valence-electron chi connectivity index (χ2n) is 9.81. The van der Waals surface area contributed by atoms with Crippen molar-refractivity contribution in [2.75, 3.05) is 0 Å². The minimum Gasteiger partial charge on any atom is -0.481 e. The maximum absolute atomic E-state index is 12.4. The fraction of sp³-hybridized carbons (Fsp3) is 0.667. The van der Waals surface area contributed by atoms with E-state index >= 15 is 0 Å². The lowest BCUT2D eigenvalue weighted by Crippen LogP contribution is -2.56. The molecule has 3 rings (SSSR count). The first-order valence-corrected chi connectivity index (χ1v) is 10.7. The number of allylic oxidation sites excluding steroid dienone is 2. The van der Waals surface area contributed by atoms with E-state index in [1.807, 2.05) is 26.8 Å². The van der Waals surface area contributed by atoms with Crippen molar-refractivity contribution in [3.63, 3.8) is 0 Å². The van der Waals surface area contributed by atoms with Gasteiger partial charge in [0.05, 0.1) is 23.9 Å². The second kappa shape index (κ2) is 8.00. The number of fused-ring (bicyclic) bond motifs is 1. The summed E-state index contributed by atoms with van der Waals surface area (Å²) < 4.78 is 11.0. The molecule has 1 aromatic heterocycles. The van der Waals surface area contributed by atoms with Crippen molar-refractivity contribution in [3.05, 3.63) is 35.8 Å². The Morgan fingerprint density at radius 1 is 1.31 bits per heavy atom. The lowest BCUT2D eigenvalue weighted by Gasteiger charge is -2.57. The van der Waals surface area contributed by atoms with Gasteiger partial charge in [0.2, 0.25) is 0 Å². The number of carboxylic acids is 1. The Labute approximate surface area is 173 Å². The molecule has 29 heavy (non-hydrogen) atoms. The predicted octanol–water partition coefficient (Wildman–Crippen LogP) is 5.25. The molecule has 0 bridgehead atoms. The molecule has 5 heteroatoms. The summed E-state index contributed by atoms with van der Waals surface area (Å²) in [5, 5.41) is 10.2. The van der Waals surface area contributed by atoms with E-state index in [0.717, 1.165) is 24.8 Å². The molecule has 0 spiro atoms. The van der Waals surface area contributed by atoms with Crippen LogP contribution in [0.5, 0.6) is 0 Å². The van der Waals surface area contributed by atoms with Crippen LogP contribution >= 0.6 is 0 Å². The van der Waals surface area contributed by atoms with Crippen molar-refractivity contribution in [2.24, 2.45) is 28.6 Å². The number of hydrogen-bond donors (Lipinski definition) is 1. The van der Waals surface area contributed by atoms with Gasteiger partial charge in [-0.05, 0) is 68.4 Å². The molecule has 1 aromatic rings. The molecule has 0 unspecified atom stereocenters. The Morgan fingerprint density at radius 2 is 2.03 bits per heavy atom. The van der Waals surface area contributed by atoms with Crippen LogP contribution in [0.2, 0.25) is 0 Å². The normalized spacial score (nSPS) is 34.4. The first-order chi connectivity index (χ1) is 13.6. The SMILES string of the molecule is CC1=CC[C@@H]2[C@](C)(C[C@@H](OC(=O)C(C)C)C[C@@]2(C)C(=O)O)[C@H]1CCc1ccoc1. The van der Waals surface area contributed by atoms with Gasteiger partial charge in [0.25, 0.3) is 0 Å². The second-order valence-corrected chi connectivity index (χ2v) is 9.81. The lowest BCUT2D eigenvalue weighted by molar-refractivity contribution is -0.183. The highest BCUT2D eigenvalue weighted by molar-refractivity contribution is 5.76. The highest BCUT2D eigenvalue weighted by Crippen LogP contribution is 2.61. The Morgan fingerprint density at radius 3 is 2.62 bits per heavy atom. The molecule has 5 nitrogen and oxygen atoms in total. The molecule has 1 saturated carbocycles. The maximum Gasteiger partial charge on any atom is 0.309 e. The summed E-state index contributed by atoms with van der Waals surface area (Å²) in [5.74, 6) is -1.00. The first-order valence-electron chi connectivity index (χ1n) is 10.7. The van der Waals surface area contributed by atoms with Gasteiger partial charge in [0.1, 0.15) is 6.10 Å². The molecule has 1 heterocycles. The predicted molar refractivity (Wildman–Crippen MR) is 110 cm³/mol. The van der Waals surface area contributed by atoms with Crippen molar-refractivity contribution >= 4 is 11.9 Å². The Hall–Kier alpha value is -2.04. The maximum atomic E-state index is 12.4. The van der Waals surface area contributed by atoms with Crippen molar-refractivity contribution in [1.29, 1.82) is 0 Å². The zero-order valence-electron chi connectivity index (χ0n) is 18.2. The molecule has 160 valence electrons. The van der Waals surface area contributed by atoms with Gasteiger partial charge in [-0.2, -0.15) is 0 Å². The van der Waals surface area contributed by atoms with Gasteiger partial charge < -0.3 is 14.3 Å². The summed E-state index contributed by atoms with van der Waals surface area (Å²) >= 11 is 0. The zero-order chi connectivity index (χ0) is 21.4. The van der Waals surface area contributed by atoms with E-state index in [4.69, 9.17) is 9.15 Å². The summed E-state index contributed by atoms with van der Waals surface area (Å²) in [4.78, 5) is 24.7. The van der Waals surface area contributed by atoms with E-state index in [1.54, 1.807) is 12.5 Å². The van der Waals surface area contributed by atoms with Crippen molar-refractivity contribution in [1.82, 2.24) is 0 Å². The quantitative estimate of drug-likeness (QED) is 0.519. The fourth-order valence-electron chi connectivity index (χ4n) is 5.85. The topological polar surface area (TPSA) is 76.7 Å². The van der Waals surface area contributed by atoms with Crippen LogP contribution in [-0.2, 0) is 20.7 Å². The molecule has 0 aliphatic heterocycles. The van der Waals surface area contributed by atoms with Crippen LogP contribution in [0.3, 0.4) is 0 Å². The molecule has 2 aliphatic carbocycles. The number of carbonyl (C=O) groups is 2. The standard InChI is InChI=1S/C24H34O5/c1-15(2)21(25)29-18-12-23(4)19(8-7-17-10-11-28-14-17)16(3)6-9-20(23)24(5,13-18)22(26)27/h6,10-11,14-15,18-20H,7-9,12-13H2,1-5H3,(H,26,27)/t18-,19+,20-,23-,24-/m1/s1. The van der Waals surface area contributed by atoms with E-state index in [1.165, 1.54) is 5.57 Å². The lowest BCUT2D eigenvalue weighted by atomic mass is 9.47. The van der Waals surface area contributed by atoms with E-state index in [2.05, 4.69) is 19.9 Å². The smallest absolute Gasteiger partial charge is 0.309 e. The molecule has 1 fully saturated rings. The van der Waals surface area contributed by atoms with Crippen molar-refractivity contribution in [2.45, 2.75) is 72.8 Å². The van der Waals surface area contributed by atoms with E-state index in [-0.39, 0.29) is 35.2 Å². The summed E-state index contributed by atoms with van der Waals surface area (Å²) in [6, 6.07) is 1.98. The molecule has 5 atom stereocenters. The molecular formula is C24H34O5. The van der Waals surface area contributed by atoms with E-state index in [0.29, 0.717) is 12.8 Å². The summed E-state index contributed by atoms with van der Waals surface area (Å²) in [6.07, 6.45) is 8.98. The van der Waals surface area contributed by atoms with Crippen LogP contribution in [0.4, 0.5) is 0 Å². The molecule has 0 aromatic carbocycles. The van der Waals surface area contributed by atoms with Gasteiger partial charge in [-0.3, -0.25) is 9.59 Å². The van der Waals surface area contributed by atoms with Crippen LogP contribution in [0, 0.1) is 28.6 Å². The molecule has 2 aliphatic rings. The molecular weight excluding hydrogens is 368 g/mol. The average molecular weight is 403 g/mol. The van der Waals surface area contributed by atoms with Crippen molar-refractivity contribution < 1.29 is 23.8 Å². The summed E-state index contributed by atoms with van der Waals surface area (Å²) in [5.41, 5.74) is 1.31. The summed E-state index contributed by atoms with van der Waals surface area (Å²) in [7, 11) is 0. The third-order valence-electron chi connectivity index (χ3n) is 7.45. The van der Waals surface area contributed by atoms with Crippen LogP contribution in [0.15, 0.2) is 34.7 Å². The highest BCUT2D eigenvalue weighted by atomic mass is 16.5. The minimum absolute atomic E-state index is 0.0135. The molecule has 0 amide bonds. The number of rotatable bonds is 6. The fourth-order valence-corrected chi connectivity index (χ4v) is 5.85. The van der Waals surface area contributed by atoms with Gasteiger partial charge in [0.15, 0.2) is 0 Å². The Balaban J connectivity index is 1.93. The summed E-state index contributed by atoms with van der Waals surface area (Å²) in [6.45, 7) is 9.84. The van der Waals surface area contributed by atoms with Crippen LogP contribution < -0.4 is 0 Å². The number of furan rings is 1. The zero-order valence-corrected chi connectivity index (χ0v) is 18.2. The van der Waals surface area contributed by atoms with E-state index in [9.17, 15) is 14.7 Å². The van der Waals surface area contributed by atoms with Gasteiger partial charge in [-0.25, -0.2) is 0 Å². The monoisotopic (exact) mass is 402 g/mol. The third-order valence-corrected chi connectivity index (χ3v) is 7.45. The highest BCUT2D eigenvalue weighted by Gasteiger charge is 2.59. The number of aliphatic carboxylic acids is 1. The van der Waals surface area contributed by atoms with Crippen LogP contribution in [0.25, 0.3) is 0 Å². The molecule has 1 N–H and O–H groups in total. The van der Waals surface area contributed by atoms with Gasteiger partial charge >= 0.3 is 11.9 Å². The first kappa shape index (κ1) is 21.7. The van der Waals surface area contributed by atoms with Crippen LogP contribution in [-0.4, -0.2) is 23.1 Å². The van der Waals surface area contributed by atoms with Gasteiger partial charge in [0, 0.05) is 6.42 Å². The number of carboxylic acid groups (broad SMARTS) is 1. The average Bonchev–Trinajstić information content (AvgIpc) is 3.13. The number of aryl methyl sites for hydroxylation is 1. The van der Waals surface area contributed by atoms with Crippen LogP contribution in [0.1, 0.15) is 65.9 Å².